The lowest BCUT2D eigenvalue weighted by Crippen LogP contribution is -2.43. The highest BCUT2D eigenvalue weighted by Gasteiger charge is 2.24. The number of likely N-dealkylation sites (tertiary alicyclic amines) is 1. The molecule has 0 bridgehead atoms. The molecule has 20 heavy (non-hydrogen) atoms. The van der Waals surface area contributed by atoms with Crippen LogP contribution in [0.1, 0.15) is 58.8 Å². The number of aliphatic hydroxyl groups is 1. The van der Waals surface area contributed by atoms with Gasteiger partial charge in [0, 0.05) is 24.9 Å². The normalized spacial score (nSPS) is 22.6. The van der Waals surface area contributed by atoms with Crippen LogP contribution in [0.4, 0.5) is 0 Å². The summed E-state index contributed by atoms with van der Waals surface area (Å²) in [5.41, 5.74) is 0. The fraction of sp³-hybridized carbons (Fsp3) is 1.00. The molecule has 1 rings (SSSR count). The van der Waals surface area contributed by atoms with E-state index in [1.807, 2.05) is 0 Å². The first kappa shape index (κ1) is 18.1. The third-order valence-corrected chi connectivity index (χ3v) is 4.93. The SMILES string of the molecule is CCCCC(CC(C)CCS(=O)[O-])N1CCC(O)CC1. The molecule has 1 saturated heterocycles. The van der Waals surface area contributed by atoms with Crippen molar-refractivity contribution in [2.24, 2.45) is 5.92 Å². The molecule has 4 nitrogen and oxygen atoms in total. The highest BCUT2D eigenvalue weighted by atomic mass is 32.2. The standard InChI is InChI=1S/C15H31NO3S/c1-3-4-5-14(12-13(2)8-11-20(18)19)16-9-6-15(17)7-10-16/h13-15,17H,3-12H2,1-2H3,(H,18,19)/p-1. The van der Waals surface area contributed by atoms with E-state index in [1.165, 1.54) is 19.3 Å². The molecule has 0 radical (unpaired) electrons. The Morgan fingerprint density at radius 1 is 1.35 bits per heavy atom. The zero-order chi connectivity index (χ0) is 15.0. The van der Waals surface area contributed by atoms with E-state index >= 15 is 0 Å². The van der Waals surface area contributed by atoms with E-state index in [9.17, 15) is 13.9 Å². The fourth-order valence-corrected chi connectivity index (χ4v) is 3.61. The van der Waals surface area contributed by atoms with E-state index in [4.69, 9.17) is 0 Å². The summed E-state index contributed by atoms with van der Waals surface area (Å²) in [6.45, 7) is 6.33. The zero-order valence-corrected chi connectivity index (χ0v) is 13.7. The van der Waals surface area contributed by atoms with Gasteiger partial charge in [-0.3, -0.25) is 4.21 Å². The van der Waals surface area contributed by atoms with Gasteiger partial charge in [0.25, 0.3) is 0 Å². The summed E-state index contributed by atoms with van der Waals surface area (Å²) < 4.78 is 21.3. The van der Waals surface area contributed by atoms with Gasteiger partial charge >= 0.3 is 0 Å². The second-order valence-corrected chi connectivity index (χ2v) is 7.22. The Morgan fingerprint density at radius 3 is 2.55 bits per heavy atom. The van der Waals surface area contributed by atoms with Crippen LogP contribution in [-0.2, 0) is 11.1 Å². The van der Waals surface area contributed by atoms with Crippen molar-refractivity contribution in [2.45, 2.75) is 70.9 Å². The molecule has 0 saturated carbocycles. The van der Waals surface area contributed by atoms with Crippen LogP contribution >= 0.6 is 0 Å². The van der Waals surface area contributed by atoms with Gasteiger partial charge in [0.15, 0.2) is 0 Å². The van der Waals surface area contributed by atoms with Crippen molar-refractivity contribution in [3.63, 3.8) is 0 Å². The van der Waals surface area contributed by atoms with Crippen molar-refractivity contribution in [1.29, 1.82) is 0 Å². The van der Waals surface area contributed by atoms with Crippen LogP contribution in [0.15, 0.2) is 0 Å². The number of nitrogens with zero attached hydrogens (tertiary/aromatic N) is 1. The van der Waals surface area contributed by atoms with Crippen molar-refractivity contribution in [3.05, 3.63) is 0 Å². The summed E-state index contributed by atoms with van der Waals surface area (Å²) in [7, 11) is 0. The number of hydrogen-bond acceptors (Lipinski definition) is 4. The van der Waals surface area contributed by atoms with E-state index < -0.39 is 11.1 Å². The summed E-state index contributed by atoms with van der Waals surface area (Å²) in [6, 6.07) is 0.553. The van der Waals surface area contributed by atoms with Crippen LogP contribution < -0.4 is 0 Å². The molecule has 3 unspecified atom stereocenters. The first-order chi connectivity index (χ1) is 9.52. The van der Waals surface area contributed by atoms with Crippen molar-refractivity contribution < 1.29 is 13.9 Å². The van der Waals surface area contributed by atoms with Gasteiger partial charge < -0.3 is 14.6 Å². The van der Waals surface area contributed by atoms with Gasteiger partial charge in [0.1, 0.15) is 0 Å². The molecule has 3 atom stereocenters. The molecule has 0 aromatic rings. The maximum Gasteiger partial charge on any atom is 0.0564 e. The molecule has 0 aromatic heterocycles. The quantitative estimate of drug-likeness (QED) is 0.664. The van der Waals surface area contributed by atoms with Gasteiger partial charge in [-0.25, -0.2) is 0 Å². The molecular formula is C15H30NO3S-. The van der Waals surface area contributed by atoms with Crippen molar-refractivity contribution >= 4 is 11.1 Å². The topological polar surface area (TPSA) is 63.6 Å². The molecule has 0 spiro atoms. The number of hydrogen-bond donors (Lipinski definition) is 1. The van der Waals surface area contributed by atoms with Crippen molar-refractivity contribution in [1.82, 2.24) is 4.90 Å². The molecule has 1 aliphatic heterocycles. The minimum Gasteiger partial charge on any atom is -0.772 e. The second kappa shape index (κ2) is 9.87. The van der Waals surface area contributed by atoms with E-state index in [0.717, 1.165) is 38.8 Å². The molecule has 1 N–H and O–H groups in total. The molecular weight excluding hydrogens is 274 g/mol. The maximum absolute atomic E-state index is 10.7. The second-order valence-electron chi connectivity index (χ2n) is 6.20. The predicted molar refractivity (Wildman–Crippen MR) is 82.3 cm³/mol. The minimum absolute atomic E-state index is 0.126. The molecule has 1 aliphatic rings. The Labute approximate surface area is 126 Å². The third-order valence-electron chi connectivity index (χ3n) is 4.36. The largest absolute Gasteiger partial charge is 0.772 e. The maximum atomic E-state index is 10.7. The number of aliphatic hydroxyl groups excluding tert-OH is 1. The van der Waals surface area contributed by atoms with Gasteiger partial charge in [-0.05, 0) is 38.0 Å². The van der Waals surface area contributed by atoms with Crippen molar-refractivity contribution in [2.75, 3.05) is 18.8 Å². The van der Waals surface area contributed by atoms with Crippen LogP contribution in [-0.4, -0.2) is 49.8 Å². The van der Waals surface area contributed by atoms with Crippen LogP contribution in [0.5, 0.6) is 0 Å². The molecule has 0 aromatic carbocycles. The van der Waals surface area contributed by atoms with Crippen LogP contribution in [0.2, 0.25) is 0 Å². The molecule has 1 heterocycles. The Balaban J connectivity index is 2.43. The molecule has 0 aliphatic carbocycles. The Morgan fingerprint density at radius 2 is 2.00 bits per heavy atom. The third kappa shape index (κ3) is 7.16. The summed E-state index contributed by atoms with van der Waals surface area (Å²) >= 11 is -1.91. The Kier molecular flexibility index (Phi) is 8.93. The average molecular weight is 304 g/mol. The van der Waals surface area contributed by atoms with Crippen LogP contribution in [0.25, 0.3) is 0 Å². The van der Waals surface area contributed by atoms with Gasteiger partial charge in [-0.2, -0.15) is 0 Å². The molecule has 120 valence electrons. The Bertz CT molecular complexity index is 280. The van der Waals surface area contributed by atoms with Crippen molar-refractivity contribution in [3.8, 4) is 0 Å². The lowest BCUT2D eigenvalue weighted by Gasteiger charge is -2.37. The van der Waals surface area contributed by atoms with E-state index in [-0.39, 0.29) is 11.9 Å². The van der Waals surface area contributed by atoms with Crippen LogP contribution in [0, 0.1) is 5.92 Å². The predicted octanol–water partition coefficient (Wildman–Crippen LogP) is 2.30. The summed E-state index contributed by atoms with van der Waals surface area (Å²) in [5, 5.41) is 9.62. The lowest BCUT2D eigenvalue weighted by molar-refractivity contribution is 0.0513. The monoisotopic (exact) mass is 304 g/mol. The number of rotatable bonds is 9. The fourth-order valence-electron chi connectivity index (χ4n) is 3.02. The van der Waals surface area contributed by atoms with Gasteiger partial charge in [-0.15, -0.1) is 0 Å². The highest BCUT2D eigenvalue weighted by Crippen LogP contribution is 2.23. The molecule has 5 heteroatoms. The van der Waals surface area contributed by atoms with E-state index in [1.54, 1.807) is 0 Å². The summed E-state index contributed by atoms with van der Waals surface area (Å²) in [5.74, 6) is 0.724. The average Bonchev–Trinajstić information content (AvgIpc) is 2.42. The zero-order valence-electron chi connectivity index (χ0n) is 12.9. The van der Waals surface area contributed by atoms with Gasteiger partial charge in [-0.1, -0.05) is 37.8 Å². The van der Waals surface area contributed by atoms with E-state index in [2.05, 4.69) is 18.7 Å². The smallest absolute Gasteiger partial charge is 0.0564 e. The number of piperidine rings is 1. The highest BCUT2D eigenvalue weighted by molar-refractivity contribution is 7.79. The first-order valence-electron chi connectivity index (χ1n) is 8.00. The molecule has 1 fully saturated rings. The van der Waals surface area contributed by atoms with Gasteiger partial charge in [0.05, 0.1) is 6.10 Å². The first-order valence-corrected chi connectivity index (χ1v) is 9.25. The van der Waals surface area contributed by atoms with Gasteiger partial charge in [0.2, 0.25) is 0 Å². The summed E-state index contributed by atoms with van der Waals surface area (Å²) in [4.78, 5) is 2.51. The number of unbranched alkanes of at least 4 members (excludes halogenated alkanes) is 1. The van der Waals surface area contributed by atoms with Crippen LogP contribution in [0.3, 0.4) is 0 Å². The summed E-state index contributed by atoms with van der Waals surface area (Å²) in [6.07, 6.45) is 7.08. The van der Waals surface area contributed by atoms with E-state index in [0.29, 0.717) is 12.0 Å². The Hall–Kier alpha value is 0.0300. The molecule has 0 amide bonds. The minimum atomic E-state index is -1.91. The lowest BCUT2D eigenvalue weighted by atomic mass is 9.93.